The van der Waals surface area contributed by atoms with Gasteiger partial charge in [-0.15, -0.1) is 0 Å². The maximum atomic E-state index is 12.6. The molecule has 0 radical (unpaired) electrons. The molecule has 0 aliphatic heterocycles. The molecule has 3 aromatic carbocycles. The van der Waals surface area contributed by atoms with Gasteiger partial charge in [-0.05, 0) is 17.7 Å². The Bertz CT molecular complexity index is 824. The van der Waals surface area contributed by atoms with E-state index < -0.39 is 0 Å². The number of carbonyl (C=O) groups is 1. The topological polar surface area (TPSA) is 46.5 Å². The Labute approximate surface area is 134 Å². The molecule has 0 heterocycles. The van der Waals surface area contributed by atoms with Crippen molar-refractivity contribution in [1.29, 1.82) is 0 Å². The number of rotatable bonds is 4. The lowest BCUT2D eigenvalue weighted by atomic mass is 9.97. The smallest absolute Gasteiger partial charge is 0.196 e. The second-order valence-electron chi connectivity index (χ2n) is 5.10. The molecular formula is C20H16O3. The summed E-state index contributed by atoms with van der Waals surface area (Å²) in [5.74, 6) is -0.0157. The van der Waals surface area contributed by atoms with Gasteiger partial charge in [-0.2, -0.15) is 0 Å². The van der Waals surface area contributed by atoms with Gasteiger partial charge in [0.15, 0.2) is 17.3 Å². The van der Waals surface area contributed by atoms with Crippen LogP contribution in [0, 0.1) is 0 Å². The highest BCUT2D eigenvalue weighted by Crippen LogP contribution is 2.40. The van der Waals surface area contributed by atoms with Crippen LogP contribution in [-0.4, -0.2) is 18.0 Å². The van der Waals surface area contributed by atoms with Crippen molar-refractivity contribution in [2.45, 2.75) is 0 Å². The van der Waals surface area contributed by atoms with Crippen molar-refractivity contribution in [3.63, 3.8) is 0 Å². The van der Waals surface area contributed by atoms with Crippen LogP contribution in [0.25, 0.3) is 11.1 Å². The molecule has 0 unspecified atom stereocenters. The summed E-state index contributed by atoms with van der Waals surface area (Å²) in [5, 5.41) is 10.5. The highest BCUT2D eigenvalue weighted by Gasteiger charge is 2.20. The second-order valence-corrected chi connectivity index (χ2v) is 5.10. The number of ether oxygens (including phenoxy) is 1. The number of hydrogen-bond acceptors (Lipinski definition) is 3. The largest absolute Gasteiger partial charge is 0.504 e. The molecule has 3 aromatic rings. The Morgan fingerprint density at radius 2 is 1.48 bits per heavy atom. The lowest BCUT2D eigenvalue weighted by Gasteiger charge is -2.13. The second kappa shape index (κ2) is 6.36. The van der Waals surface area contributed by atoms with Gasteiger partial charge in [0, 0.05) is 11.1 Å². The standard InChI is InChI=1S/C20H16O3/c1-23-20-17(18(21)15-10-6-3-7-11-15)13-12-16(19(20)22)14-8-4-2-5-9-14/h2-13,22H,1H3. The molecule has 3 heteroatoms. The van der Waals surface area contributed by atoms with Gasteiger partial charge in [0.05, 0.1) is 12.7 Å². The van der Waals surface area contributed by atoms with E-state index in [1.165, 1.54) is 7.11 Å². The summed E-state index contributed by atoms with van der Waals surface area (Å²) in [5.41, 5.74) is 2.39. The molecule has 0 bridgehead atoms. The fraction of sp³-hybridized carbons (Fsp3) is 0.0500. The molecule has 0 aliphatic carbocycles. The Kier molecular flexibility index (Phi) is 4.11. The Morgan fingerprint density at radius 1 is 0.870 bits per heavy atom. The van der Waals surface area contributed by atoms with E-state index >= 15 is 0 Å². The summed E-state index contributed by atoms with van der Waals surface area (Å²) in [7, 11) is 1.45. The monoisotopic (exact) mass is 304 g/mol. The van der Waals surface area contributed by atoms with Crippen molar-refractivity contribution in [3.05, 3.63) is 83.9 Å². The predicted octanol–water partition coefficient (Wildman–Crippen LogP) is 4.30. The Morgan fingerprint density at radius 3 is 2.09 bits per heavy atom. The first kappa shape index (κ1) is 14.9. The van der Waals surface area contributed by atoms with Crippen LogP contribution in [-0.2, 0) is 0 Å². The van der Waals surface area contributed by atoms with Gasteiger partial charge in [0.2, 0.25) is 0 Å². The highest BCUT2D eigenvalue weighted by molar-refractivity contribution is 6.11. The SMILES string of the molecule is COc1c(C(=O)c2ccccc2)ccc(-c2ccccc2)c1O. The van der Waals surface area contributed by atoms with Crippen LogP contribution in [0.3, 0.4) is 0 Å². The molecule has 3 rings (SSSR count). The highest BCUT2D eigenvalue weighted by atomic mass is 16.5. The molecule has 23 heavy (non-hydrogen) atoms. The summed E-state index contributed by atoms with van der Waals surface area (Å²) < 4.78 is 5.31. The Hall–Kier alpha value is -3.07. The molecule has 0 fully saturated rings. The van der Waals surface area contributed by atoms with E-state index in [1.807, 2.05) is 36.4 Å². The van der Waals surface area contributed by atoms with E-state index in [-0.39, 0.29) is 17.3 Å². The van der Waals surface area contributed by atoms with E-state index in [0.717, 1.165) is 5.56 Å². The van der Waals surface area contributed by atoms with E-state index in [2.05, 4.69) is 0 Å². The molecule has 0 spiro atoms. The number of benzene rings is 3. The fourth-order valence-corrected chi connectivity index (χ4v) is 2.55. The first-order valence-corrected chi connectivity index (χ1v) is 7.27. The fourth-order valence-electron chi connectivity index (χ4n) is 2.55. The van der Waals surface area contributed by atoms with Crippen molar-refractivity contribution in [3.8, 4) is 22.6 Å². The average Bonchev–Trinajstić information content (AvgIpc) is 2.62. The summed E-state index contributed by atoms with van der Waals surface area (Å²) in [6, 6.07) is 21.9. The molecule has 0 saturated heterocycles. The van der Waals surface area contributed by atoms with Crippen LogP contribution in [0.15, 0.2) is 72.8 Å². The third-order valence-corrected chi connectivity index (χ3v) is 3.70. The maximum Gasteiger partial charge on any atom is 0.196 e. The average molecular weight is 304 g/mol. The third kappa shape index (κ3) is 2.81. The van der Waals surface area contributed by atoms with Crippen LogP contribution >= 0.6 is 0 Å². The number of ketones is 1. The van der Waals surface area contributed by atoms with E-state index in [0.29, 0.717) is 16.7 Å². The van der Waals surface area contributed by atoms with Crippen LogP contribution in [0.5, 0.6) is 11.5 Å². The van der Waals surface area contributed by atoms with Crippen molar-refractivity contribution in [1.82, 2.24) is 0 Å². The van der Waals surface area contributed by atoms with Crippen LogP contribution < -0.4 is 4.74 Å². The summed E-state index contributed by atoms with van der Waals surface area (Å²) in [6.07, 6.45) is 0. The molecular weight excluding hydrogens is 288 g/mol. The first-order chi connectivity index (χ1) is 11.2. The number of methoxy groups -OCH3 is 1. The maximum absolute atomic E-state index is 12.6. The molecule has 1 N–H and O–H groups in total. The number of carbonyl (C=O) groups excluding carboxylic acids is 1. The van der Waals surface area contributed by atoms with Crippen LogP contribution in [0.4, 0.5) is 0 Å². The summed E-state index contributed by atoms with van der Waals surface area (Å²) in [4.78, 5) is 12.6. The number of phenolic OH excluding ortho intramolecular Hbond substituents is 1. The van der Waals surface area contributed by atoms with Crippen LogP contribution in [0.2, 0.25) is 0 Å². The van der Waals surface area contributed by atoms with E-state index in [9.17, 15) is 9.90 Å². The molecule has 0 saturated carbocycles. The van der Waals surface area contributed by atoms with Crippen molar-refractivity contribution < 1.29 is 14.6 Å². The van der Waals surface area contributed by atoms with Gasteiger partial charge in [-0.3, -0.25) is 4.79 Å². The lowest BCUT2D eigenvalue weighted by Crippen LogP contribution is -2.04. The third-order valence-electron chi connectivity index (χ3n) is 3.70. The molecule has 0 aliphatic rings. The van der Waals surface area contributed by atoms with Gasteiger partial charge >= 0.3 is 0 Å². The molecule has 0 amide bonds. The van der Waals surface area contributed by atoms with Crippen molar-refractivity contribution >= 4 is 5.78 Å². The van der Waals surface area contributed by atoms with Crippen molar-refractivity contribution in [2.24, 2.45) is 0 Å². The number of aromatic hydroxyl groups is 1. The van der Waals surface area contributed by atoms with Gasteiger partial charge in [0.1, 0.15) is 0 Å². The van der Waals surface area contributed by atoms with Gasteiger partial charge < -0.3 is 9.84 Å². The zero-order valence-corrected chi connectivity index (χ0v) is 12.7. The predicted molar refractivity (Wildman–Crippen MR) is 90.0 cm³/mol. The van der Waals surface area contributed by atoms with Gasteiger partial charge in [-0.1, -0.05) is 60.7 Å². The molecule has 0 aromatic heterocycles. The van der Waals surface area contributed by atoms with Gasteiger partial charge in [0.25, 0.3) is 0 Å². The summed E-state index contributed by atoms with van der Waals surface area (Å²) in [6.45, 7) is 0. The van der Waals surface area contributed by atoms with Gasteiger partial charge in [-0.25, -0.2) is 0 Å². The number of phenols is 1. The minimum atomic E-state index is -0.183. The van der Waals surface area contributed by atoms with Crippen LogP contribution in [0.1, 0.15) is 15.9 Å². The zero-order valence-electron chi connectivity index (χ0n) is 12.7. The number of hydrogen-bond donors (Lipinski definition) is 1. The van der Waals surface area contributed by atoms with E-state index in [1.54, 1.807) is 36.4 Å². The lowest BCUT2D eigenvalue weighted by molar-refractivity contribution is 0.103. The minimum absolute atomic E-state index is 0.0273. The summed E-state index contributed by atoms with van der Waals surface area (Å²) >= 11 is 0. The van der Waals surface area contributed by atoms with E-state index in [4.69, 9.17) is 4.74 Å². The normalized spacial score (nSPS) is 10.3. The Balaban J connectivity index is 2.10. The molecule has 114 valence electrons. The van der Waals surface area contributed by atoms with Crippen molar-refractivity contribution in [2.75, 3.05) is 7.11 Å². The first-order valence-electron chi connectivity index (χ1n) is 7.27. The molecule has 0 atom stereocenters. The molecule has 3 nitrogen and oxygen atoms in total. The minimum Gasteiger partial charge on any atom is -0.504 e. The zero-order chi connectivity index (χ0) is 16.2. The quantitative estimate of drug-likeness (QED) is 0.731.